The molecule has 2 saturated heterocycles. The molecule has 0 unspecified atom stereocenters. The van der Waals surface area contributed by atoms with E-state index < -0.39 is 9.84 Å². The first-order valence-corrected chi connectivity index (χ1v) is 11.9. The van der Waals surface area contributed by atoms with Crippen LogP contribution in [-0.2, 0) is 21.1 Å². The van der Waals surface area contributed by atoms with Crippen LogP contribution in [0.3, 0.4) is 0 Å². The van der Waals surface area contributed by atoms with Gasteiger partial charge in [0, 0.05) is 25.4 Å². The summed E-state index contributed by atoms with van der Waals surface area (Å²) < 4.78 is 34.7. The van der Waals surface area contributed by atoms with Gasteiger partial charge in [-0.05, 0) is 12.0 Å². The van der Waals surface area contributed by atoms with E-state index in [9.17, 15) is 8.42 Å². The maximum absolute atomic E-state index is 11.6. The lowest BCUT2D eigenvalue weighted by atomic mass is 10.1. The molecule has 27 heavy (non-hydrogen) atoms. The Labute approximate surface area is 163 Å². The van der Waals surface area contributed by atoms with Crippen molar-refractivity contribution >= 4 is 21.6 Å². The van der Waals surface area contributed by atoms with E-state index in [1.807, 2.05) is 6.07 Å². The highest BCUT2D eigenvalue weighted by Gasteiger charge is 2.33. The van der Waals surface area contributed by atoms with Crippen LogP contribution in [-0.4, -0.2) is 66.6 Å². The monoisotopic (exact) mass is 409 g/mol. The Morgan fingerprint density at radius 3 is 2.85 bits per heavy atom. The molecule has 0 spiro atoms. The maximum atomic E-state index is 11.6. The summed E-state index contributed by atoms with van der Waals surface area (Å²) in [5.74, 6) is 1.32. The van der Waals surface area contributed by atoms with E-state index in [-0.39, 0.29) is 23.5 Å². The van der Waals surface area contributed by atoms with E-state index in [2.05, 4.69) is 39.4 Å². The quantitative estimate of drug-likeness (QED) is 0.670. The Balaban J connectivity index is 1.27. The number of thioether (sulfide) groups is 1. The zero-order valence-electron chi connectivity index (χ0n) is 15.0. The average Bonchev–Trinajstić information content (AvgIpc) is 3.27. The molecule has 0 bridgehead atoms. The first-order valence-electron chi connectivity index (χ1n) is 9.12. The Morgan fingerprint density at radius 2 is 2.07 bits per heavy atom. The van der Waals surface area contributed by atoms with E-state index in [1.54, 1.807) is 0 Å². The molecule has 0 amide bonds. The van der Waals surface area contributed by atoms with Crippen LogP contribution < -0.4 is 0 Å². The summed E-state index contributed by atoms with van der Waals surface area (Å²) in [7, 11) is -2.96. The summed E-state index contributed by atoms with van der Waals surface area (Å²) in [4.78, 5) is 2.40. The molecule has 0 saturated carbocycles. The minimum atomic E-state index is -2.96. The van der Waals surface area contributed by atoms with Crippen molar-refractivity contribution in [2.45, 2.75) is 30.2 Å². The summed E-state index contributed by atoms with van der Waals surface area (Å²) in [6.07, 6.45) is 0.670. The van der Waals surface area contributed by atoms with Gasteiger partial charge in [-0.15, -0.1) is 10.2 Å². The second-order valence-corrected chi connectivity index (χ2v) is 10.2. The van der Waals surface area contributed by atoms with Gasteiger partial charge in [-0.2, -0.15) is 0 Å². The predicted molar refractivity (Wildman–Crippen MR) is 102 cm³/mol. The number of benzene rings is 1. The zero-order chi connectivity index (χ0) is 18.7. The Kier molecular flexibility index (Phi) is 5.82. The van der Waals surface area contributed by atoms with Crippen molar-refractivity contribution in [1.82, 2.24) is 15.1 Å². The van der Waals surface area contributed by atoms with Gasteiger partial charge in [0.25, 0.3) is 5.22 Å². The summed E-state index contributed by atoms with van der Waals surface area (Å²) in [5.41, 5.74) is 1.30. The fraction of sp³-hybridized carbons (Fsp3) is 0.556. The molecule has 2 aromatic rings. The van der Waals surface area contributed by atoms with Gasteiger partial charge in [-0.25, -0.2) is 8.42 Å². The van der Waals surface area contributed by atoms with Crippen molar-refractivity contribution in [3.05, 3.63) is 41.8 Å². The van der Waals surface area contributed by atoms with Gasteiger partial charge < -0.3 is 9.15 Å². The summed E-state index contributed by atoms with van der Waals surface area (Å²) in [6.45, 7) is 3.43. The molecule has 2 aliphatic heterocycles. The highest BCUT2D eigenvalue weighted by molar-refractivity contribution is 7.99. The molecule has 1 aromatic heterocycles. The highest BCUT2D eigenvalue weighted by Crippen LogP contribution is 2.30. The van der Waals surface area contributed by atoms with E-state index in [4.69, 9.17) is 9.15 Å². The Hall–Kier alpha value is -1.42. The second kappa shape index (κ2) is 8.30. The van der Waals surface area contributed by atoms with Crippen molar-refractivity contribution in [3.63, 3.8) is 0 Å². The smallest absolute Gasteiger partial charge is 0.276 e. The molecule has 4 rings (SSSR count). The molecule has 0 radical (unpaired) electrons. The third kappa shape index (κ3) is 5.10. The van der Waals surface area contributed by atoms with Gasteiger partial charge in [0.1, 0.15) is 0 Å². The lowest BCUT2D eigenvalue weighted by Crippen LogP contribution is -2.43. The molecule has 0 N–H and O–H groups in total. The fourth-order valence-electron chi connectivity index (χ4n) is 3.46. The maximum Gasteiger partial charge on any atom is 0.276 e. The Morgan fingerprint density at radius 1 is 1.22 bits per heavy atom. The van der Waals surface area contributed by atoms with Crippen LogP contribution in [0.4, 0.5) is 0 Å². The average molecular weight is 410 g/mol. The molecule has 1 aromatic carbocycles. The van der Waals surface area contributed by atoms with E-state index in [0.717, 1.165) is 25.4 Å². The molecule has 3 heterocycles. The number of morpholine rings is 1. The first-order chi connectivity index (χ1) is 13.1. The van der Waals surface area contributed by atoms with E-state index in [0.29, 0.717) is 24.1 Å². The summed E-state index contributed by atoms with van der Waals surface area (Å²) >= 11 is 1.47. The minimum absolute atomic E-state index is 0.106. The van der Waals surface area contributed by atoms with Crippen LogP contribution in [0.2, 0.25) is 0 Å². The molecule has 2 fully saturated rings. The van der Waals surface area contributed by atoms with Gasteiger partial charge in [-0.3, -0.25) is 4.90 Å². The molecule has 2 aliphatic rings. The van der Waals surface area contributed by atoms with E-state index >= 15 is 0 Å². The number of ether oxygens (including phenoxy) is 1. The molecular formula is C18H23N3O4S2. The largest absolute Gasteiger partial charge is 0.416 e. The number of rotatable bonds is 6. The normalized spacial score (nSPS) is 25.6. The summed E-state index contributed by atoms with van der Waals surface area (Å²) in [6, 6.07) is 10.4. The Bertz CT molecular complexity index is 857. The van der Waals surface area contributed by atoms with Crippen molar-refractivity contribution in [2.75, 3.05) is 37.0 Å². The lowest BCUT2D eigenvalue weighted by Gasteiger charge is -2.32. The molecule has 0 aliphatic carbocycles. The number of nitrogens with zero attached hydrogens (tertiary/aromatic N) is 3. The van der Waals surface area contributed by atoms with Crippen molar-refractivity contribution < 1.29 is 17.6 Å². The molecule has 2 atom stereocenters. The third-order valence-corrected chi connectivity index (χ3v) is 7.59. The van der Waals surface area contributed by atoms with Gasteiger partial charge >= 0.3 is 0 Å². The van der Waals surface area contributed by atoms with Crippen molar-refractivity contribution in [1.29, 1.82) is 0 Å². The SMILES string of the molecule is O=S1(=O)CC[C@@H](c2nnc(SC[C@@H]3CN(Cc4ccccc4)CCO3)o2)C1. The van der Waals surface area contributed by atoms with Crippen LogP contribution in [0.1, 0.15) is 23.8 Å². The van der Waals surface area contributed by atoms with Crippen LogP contribution in [0.25, 0.3) is 0 Å². The zero-order valence-corrected chi connectivity index (χ0v) is 16.6. The number of sulfone groups is 1. The number of aromatic nitrogens is 2. The van der Waals surface area contributed by atoms with Gasteiger partial charge in [0.15, 0.2) is 9.84 Å². The molecule has 146 valence electrons. The van der Waals surface area contributed by atoms with Crippen LogP contribution in [0.5, 0.6) is 0 Å². The molecule has 7 nitrogen and oxygen atoms in total. The van der Waals surface area contributed by atoms with Crippen LogP contribution >= 0.6 is 11.8 Å². The lowest BCUT2D eigenvalue weighted by molar-refractivity contribution is -0.0188. The fourth-order valence-corrected chi connectivity index (χ4v) is 5.97. The second-order valence-electron chi connectivity index (χ2n) is 7.03. The van der Waals surface area contributed by atoms with Crippen molar-refractivity contribution in [2.24, 2.45) is 0 Å². The third-order valence-electron chi connectivity index (χ3n) is 4.87. The standard InChI is InChI=1S/C18H23N3O4S2/c22-27(23)9-6-15(13-27)17-19-20-18(25-17)26-12-16-11-21(7-8-24-16)10-14-4-2-1-3-5-14/h1-5,15-16H,6-13H2/t15-,16+/m1/s1. The molecule has 9 heteroatoms. The van der Waals surface area contributed by atoms with Crippen LogP contribution in [0.15, 0.2) is 40.0 Å². The minimum Gasteiger partial charge on any atom is -0.416 e. The summed E-state index contributed by atoms with van der Waals surface area (Å²) in [5, 5.41) is 8.59. The van der Waals surface area contributed by atoms with Gasteiger partial charge in [0.2, 0.25) is 5.89 Å². The first kappa shape index (κ1) is 18.9. The van der Waals surface area contributed by atoms with E-state index in [1.165, 1.54) is 17.3 Å². The topological polar surface area (TPSA) is 85.5 Å². The number of hydrogen-bond donors (Lipinski definition) is 0. The highest BCUT2D eigenvalue weighted by atomic mass is 32.2. The van der Waals surface area contributed by atoms with Crippen LogP contribution in [0, 0.1) is 0 Å². The molecular weight excluding hydrogens is 386 g/mol. The van der Waals surface area contributed by atoms with Crippen molar-refractivity contribution in [3.8, 4) is 0 Å². The number of hydrogen-bond acceptors (Lipinski definition) is 8. The van der Waals surface area contributed by atoms with Gasteiger partial charge in [0.05, 0.1) is 30.1 Å². The predicted octanol–water partition coefficient (Wildman–Crippen LogP) is 1.96. The van der Waals surface area contributed by atoms with Gasteiger partial charge in [-0.1, -0.05) is 42.1 Å².